The van der Waals surface area contributed by atoms with Crippen LogP contribution in [0, 0.1) is 0 Å². The van der Waals surface area contributed by atoms with E-state index in [2.05, 4.69) is 15.6 Å². The Bertz CT molecular complexity index is 923. The van der Waals surface area contributed by atoms with Crippen LogP contribution in [0.15, 0.2) is 53.7 Å². The molecule has 1 aliphatic heterocycles. The highest BCUT2D eigenvalue weighted by molar-refractivity contribution is 7.89. The number of urea groups is 1. The topological polar surface area (TPSA) is 91.4 Å². The second kappa shape index (κ2) is 9.56. The Morgan fingerprint density at radius 3 is 2.66 bits per heavy atom. The minimum absolute atomic E-state index is 0.144. The summed E-state index contributed by atoms with van der Waals surface area (Å²) in [6.07, 6.45) is 5.75. The van der Waals surface area contributed by atoms with E-state index in [9.17, 15) is 13.2 Å². The van der Waals surface area contributed by atoms with E-state index in [4.69, 9.17) is 11.6 Å². The monoisotopic (exact) mass is 436 g/mol. The summed E-state index contributed by atoms with van der Waals surface area (Å²) >= 11 is 5.90. The zero-order valence-electron chi connectivity index (χ0n) is 16.2. The van der Waals surface area contributed by atoms with Crippen molar-refractivity contribution in [3.63, 3.8) is 0 Å². The highest BCUT2D eigenvalue weighted by Gasteiger charge is 2.37. The van der Waals surface area contributed by atoms with Gasteiger partial charge >= 0.3 is 6.03 Å². The summed E-state index contributed by atoms with van der Waals surface area (Å²) in [7, 11) is -3.69. The summed E-state index contributed by atoms with van der Waals surface area (Å²) in [5.74, 6) is 0. The van der Waals surface area contributed by atoms with Gasteiger partial charge in [0.2, 0.25) is 10.0 Å². The number of carbonyl (C=O) groups is 1. The molecule has 2 N–H and O–H groups in total. The highest BCUT2D eigenvalue weighted by Crippen LogP contribution is 2.30. The van der Waals surface area contributed by atoms with E-state index < -0.39 is 10.0 Å². The molecule has 2 aromatic rings. The smallest absolute Gasteiger partial charge is 0.315 e. The van der Waals surface area contributed by atoms with Gasteiger partial charge in [0.05, 0.1) is 4.90 Å². The van der Waals surface area contributed by atoms with E-state index in [1.807, 2.05) is 13.0 Å². The first-order valence-electron chi connectivity index (χ1n) is 9.57. The van der Waals surface area contributed by atoms with Gasteiger partial charge < -0.3 is 10.6 Å². The number of piperidine rings is 1. The summed E-state index contributed by atoms with van der Waals surface area (Å²) in [5.41, 5.74) is 0.890. The van der Waals surface area contributed by atoms with Crippen molar-refractivity contribution in [2.45, 2.75) is 49.7 Å². The first-order valence-corrected chi connectivity index (χ1v) is 11.4. The Morgan fingerprint density at radius 1 is 1.21 bits per heavy atom. The molecule has 1 aromatic carbocycles. The highest BCUT2D eigenvalue weighted by atomic mass is 35.5. The van der Waals surface area contributed by atoms with Gasteiger partial charge in [-0.3, -0.25) is 4.98 Å². The number of hydrogen-bond donors (Lipinski definition) is 2. The molecule has 3 rings (SSSR count). The van der Waals surface area contributed by atoms with Crippen LogP contribution in [0.3, 0.4) is 0 Å². The minimum Gasteiger partial charge on any atom is -0.337 e. The molecule has 0 radical (unpaired) electrons. The van der Waals surface area contributed by atoms with Crippen molar-refractivity contribution in [2.75, 3.05) is 6.54 Å². The first kappa shape index (κ1) is 21.5. The number of nitrogens with one attached hydrogen (secondary N) is 2. The van der Waals surface area contributed by atoms with Gasteiger partial charge in [-0.15, -0.1) is 0 Å². The first-order chi connectivity index (χ1) is 13.9. The number of sulfonamides is 1. The van der Waals surface area contributed by atoms with Crippen LogP contribution in [0.5, 0.6) is 0 Å². The number of nitrogens with zero attached hydrogens (tertiary/aromatic N) is 2. The zero-order valence-corrected chi connectivity index (χ0v) is 17.8. The zero-order chi connectivity index (χ0) is 20.9. The number of aromatic nitrogens is 1. The van der Waals surface area contributed by atoms with Crippen LogP contribution in [0.25, 0.3) is 0 Å². The van der Waals surface area contributed by atoms with E-state index in [0.29, 0.717) is 18.0 Å². The van der Waals surface area contributed by atoms with E-state index in [0.717, 1.165) is 18.4 Å². The van der Waals surface area contributed by atoms with Crippen LogP contribution in [-0.2, 0) is 16.6 Å². The van der Waals surface area contributed by atoms with Crippen LogP contribution in [0.4, 0.5) is 4.79 Å². The molecule has 2 amide bonds. The average molecular weight is 437 g/mol. The van der Waals surface area contributed by atoms with Crippen molar-refractivity contribution in [3.05, 3.63) is 59.4 Å². The van der Waals surface area contributed by atoms with Crippen LogP contribution in [-0.4, -0.2) is 42.4 Å². The van der Waals surface area contributed by atoms with Gasteiger partial charge in [-0.2, -0.15) is 4.31 Å². The molecule has 156 valence electrons. The summed E-state index contributed by atoms with van der Waals surface area (Å²) in [6, 6.07) is 9.07. The Kier molecular flexibility index (Phi) is 7.10. The largest absolute Gasteiger partial charge is 0.337 e. The van der Waals surface area contributed by atoms with Crippen molar-refractivity contribution in [3.8, 4) is 0 Å². The minimum atomic E-state index is -3.69. The van der Waals surface area contributed by atoms with Gasteiger partial charge in [0, 0.05) is 42.6 Å². The molecule has 1 fully saturated rings. The molecule has 1 saturated heterocycles. The SMILES string of the molecule is C[C@@H]1CCC[C@H](CNC(=O)NCc2cccnc2)N1S(=O)(=O)c1ccc(Cl)cc1. The lowest BCUT2D eigenvalue weighted by molar-refractivity contribution is 0.185. The number of hydrogen-bond acceptors (Lipinski definition) is 4. The molecule has 2 heterocycles. The lowest BCUT2D eigenvalue weighted by Gasteiger charge is -2.39. The Balaban J connectivity index is 1.65. The van der Waals surface area contributed by atoms with Crippen LogP contribution < -0.4 is 10.6 Å². The van der Waals surface area contributed by atoms with Crippen molar-refractivity contribution >= 4 is 27.7 Å². The van der Waals surface area contributed by atoms with Crippen molar-refractivity contribution in [1.29, 1.82) is 0 Å². The number of amides is 2. The lowest BCUT2D eigenvalue weighted by atomic mass is 9.99. The molecular formula is C20H25ClN4O3S. The molecule has 1 aromatic heterocycles. The molecular weight excluding hydrogens is 412 g/mol. The maximum atomic E-state index is 13.2. The van der Waals surface area contributed by atoms with Crippen LogP contribution in [0.1, 0.15) is 31.7 Å². The van der Waals surface area contributed by atoms with Crippen molar-refractivity contribution < 1.29 is 13.2 Å². The molecule has 0 bridgehead atoms. The summed E-state index contributed by atoms with van der Waals surface area (Å²) in [6.45, 7) is 2.51. The van der Waals surface area contributed by atoms with E-state index >= 15 is 0 Å². The standard InChI is InChI=1S/C20H25ClN4O3S/c1-15-4-2-6-18(14-24-20(26)23-13-16-5-3-11-22-12-16)25(15)29(27,28)19-9-7-17(21)8-10-19/h3,5,7-12,15,18H,2,4,6,13-14H2,1H3,(H2,23,24,26)/t15-,18-/m1/s1. The fourth-order valence-electron chi connectivity index (χ4n) is 3.57. The molecule has 9 heteroatoms. The predicted molar refractivity (Wildman–Crippen MR) is 112 cm³/mol. The number of carbonyl (C=O) groups excluding carboxylic acids is 1. The average Bonchev–Trinajstić information content (AvgIpc) is 2.71. The predicted octanol–water partition coefficient (Wildman–Crippen LogP) is 3.17. The van der Waals surface area contributed by atoms with Gasteiger partial charge in [-0.25, -0.2) is 13.2 Å². The quantitative estimate of drug-likeness (QED) is 0.727. The number of halogens is 1. The lowest BCUT2D eigenvalue weighted by Crippen LogP contribution is -2.53. The van der Waals surface area contributed by atoms with E-state index in [-0.39, 0.29) is 29.6 Å². The fourth-order valence-corrected chi connectivity index (χ4v) is 5.58. The second-order valence-electron chi connectivity index (χ2n) is 7.15. The maximum Gasteiger partial charge on any atom is 0.315 e. The summed E-state index contributed by atoms with van der Waals surface area (Å²) < 4.78 is 28.0. The van der Waals surface area contributed by atoms with Gasteiger partial charge in [0.25, 0.3) is 0 Å². The molecule has 7 nitrogen and oxygen atoms in total. The normalized spacial score (nSPS) is 20.2. The van der Waals surface area contributed by atoms with Gasteiger partial charge in [0.1, 0.15) is 0 Å². The van der Waals surface area contributed by atoms with E-state index in [1.165, 1.54) is 16.4 Å². The van der Waals surface area contributed by atoms with Gasteiger partial charge in [-0.05, 0) is 55.7 Å². The third-order valence-electron chi connectivity index (χ3n) is 5.02. The van der Waals surface area contributed by atoms with E-state index in [1.54, 1.807) is 30.6 Å². The van der Waals surface area contributed by atoms with Crippen molar-refractivity contribution in [1.82, 2.24) is 19.9 Å². The fraction of sp³-hybridized carbons (Fsp3) is 0.400. The summed E-state index contributed by atoms with van der Waals surface area (Å²) in [4.78, 5) is 16.4. The Labute approximate surface area is 176 Å². The van der Waals surface area contributed by atoms with Gasteiger partial charge in [0.15, 0.2) is 0 Å². The van der Waals surface area contributed by atoms with Gasteiger partial charge in [-0.1, -0.05) is 24.1 Å². The number of benzene rings is 1. The van der Waals surface area contributed by atoms with Crippen molar-refractivity contribution in [2.24, 2.45) is 0 Å². The third kappa shape index (κ3) is 5.46. The Hall–Kier alpha value is -2.16. The summed E-state index contributed by atoms with van der Waals surface area (Å²) in [5, 5.41) is 6.06. The molecule has 0 unspecified atom stereocenters. The molecule has 2 atom stereocenters. The third-order valence-corrected chi connectivity index (χ3v) is 7.35. The molecule has 0 saturated carbocycles. The maximum absolute atomic E-state index is 13.2. The molecule has 0 spiro atoms. The number of rotatable bonds is 6. The van der Waals surface area contributed by atoms with Crippen LogP contribution >= 0.6 is 11.6 Å². The molecule has 29 heavy (non-hydrogen) atoms. The molecule has 0 aliphatic carbocycles. The second-order valence-corrected chi connectivity index (χ2v) is 9.43. The Morgan fingerprint density at radius 2 is 1.97 bits per heavy atom. The van der Waals surface area contributed by atoms with Crippen LogP contribution in [0.2, 0.25) is 5.02 Å². The number of pyridine rings is 1. The molecule has 1 aliphatic rings.